The Morgan fingerprint density at radius 2 is 1.71 bits per heavy atom. The van der Waals surface area contributed by atoms with Gasteiger partial charge in [-0.05, 0) is 78.3 Å². The van der Waals surface area contributed by atoms with Crippen LogP contribution in [0, 0.1) is 11.8 Å². The molecule has 0 radical (unpaired) electrons. The van der Waals surface area contributed by atoms with Crippen LogP contribution in [-0.2, 0) is 0 Å². The molecule has 2 heteroatoms. The normalized spacial score (nSPS) is 25.5. The van der Waals surface area contributed by atoms with E-state index in [9.17, 15) is 0 Å². The van der Waals surface area contributed by atoms with E-state index >= 15 is 0 Å². The highest BCUT2D eigenvalue weighted by Crippen LogP contribution is 2.57. The predicted octanol–water partition coefficient (Wildman–Crippen LogP) is 7.74. The van der Waals surface area contributed by atoms with Gasteiger partial charge >= 0.3 is 0 Å². The van der Waals surface area contributed by atoms with Gasteiger partial charge < -0.3 is 4.74 Å². The second-order valence-electron chi connectivity index (χ2n) is 11.7. The van der Waals surface area contributed by atoms with Gasteiger partial charge in [0.1, 0.15) is 11.4 Å². The van der Waals surface area contributed by atoms with Crippen molar-refractivity contribution in [2.24, 2.45) is 11.8 Å². The molecule has 1 nitrogen and oxygen atoms in total. The van der Waals surface area contributed by atoms with Gasteiger partial charge in [0.2, 0.25) is 0 Å². The fraction of sp³-hybridized carbons (Fsp3) is 0.517. The summed E-state index contributed by atoms with van der Waals surface area (Å²) in [4.78, 5) is 0. The third-order valence-corrected chi connectivity index (χ3v) is 12.0. The third kappa shape index (κ3) is 4.04. The van der Waals surface area contributed by atoms with Gasteiger partial charge in [0, 0.05) is 0 Å². The van der Waals surface area contributed by atoms with Gasteiger partial charge in [0.25, 0.3) is 0 Å². The minimum atomic E-state index is -1.84. The Morgan fingerprint density at radius 3 is 2.39 bits per heavy atom. The lowest BCUT2D eigenvalue weighted by atomic mass is 9.81. The topological polar surface area (TPSA) is 9.23 Å². The van der Waals surface area contributed by atoms with Crippen molar-refractivity contribution >= 4 is 19.3 Å². The average molecular weight is 433 g/mol. The number of hydrogen-bond donors (Lipinski definition) is 0. The summed E-state index contributed by atoms with van der Waals surface area (Å²) in [6.45, 7) is 18.8. The minimum Gasteiger partial charge on any atom is -0.488 e. The van der Waals surface area contributed by atoms with Crippen LogP contribution in [0.4, 0.5) is 0 Å². The zero-order chi connectivity index (χ0) is 22.6. The maximum atomic E-state index is 6.72. The fourth-order valence-electron chi connectivity index (χ4n) is 6.45. The molecule has 4 unspecified atom stereocenters. The molecule has 0 bridgehead atoms. The summed E-state index contributed by atoms with van der Waals surface area (Å²) < 4.78 is 6.72. The summed E-state index contributed by atoms with van der Waals surface area (Å²) in [5.41, 5.74) is 4.87. The number of allylic oxidation sites excluding steroid dienone is 1. The Balaban J connectivity index is 1.80. The molecule has 0 amide bonds. The van der Waals surface area contributed by atoms with Gasteiger partial charge in [-0.25, -0.2) is 0 Å². The maximum absolute atomic E-state index is 6.72. The van der Waals surface area contributed by atoms with E-state index in [2.05, 4.69) is 109 Å². The lowest BCUT2D eigenvalue weighted by Crippen LogP contribution is -2.50. The van der Waals surface area contributed by atoms with Crippen LogP contribution in [-0.4, -0.2) is 13.7 Å². The van der Waals surface area contributed by atoms with Crippen molar-refractivity contribution < 1.29 is 4.74 Å². The molecular formula is C29H40OSi. The first-order valence-electron chi connectivity index (χ1n) is 12.1. The Kier molecular flexibility index (Phi) is 5.75. The van der Waals surface area contributed by atoms with E-state index in [0.717, 1.165) is 5.92 Å². The molecule has 0 N–H and O–H groups in total. The van der Waals surface area contributed by atoms with E-state index in [-0.39, 0.29) is 5.60 Å². The van der Waals surface area contributed by atoms with Crippen LogP contribution >= 0.6 is 0 Å². The van der Waals surface area contributed by atoms with Crippen LogP contribution in [0.1, 0.15) is 76.5 Å². The molecule has 2 aliphatic carbocycles. The van der Waals surface area contributed by atoms with Gasteiger partial charge in [-0.1, -0.05) is 88.5 Å². The number of hydrogen-bond acceptors (Lipinski definition) is 1. The molecule has 4 atom stereocenters. The molecule has 0 aliphatic heterocycles. The zero-order valence-electron chi connectivity index (χ0n) is 20.7. The Hall–Kier alpha value is -1.80. The lowest BCUT2D eigenvalue weighted by Gasteiger charge is -2.40. The van der Waals surface area contributed by atoms with Crippen molar-refractivity contribution in [3.8, 4) is 5.75 Å². The summed E-state index contributed by atoms with van der Waals surface area (Å²) in [7, 11) is -1.84. The number of fused-ring (bicyclic) bond motifs is 3. The Labute approximate surface area is 190 Å². The second kappa shape index (κ2) is 7.96. The SMILES string of the molecule is CC(C)c1cccc([Si](C)(C)C2C(C)CC3c4ccccc4C=CC32)c1OC(C)(C)C. The van der Waals surface area contributed by atoms with Gasteiger partial charge in [-0.2, -0.15) is 0 Å². The lowest BCUT2D eigenvalue weighted by molar-refractivity contribution is 0.130. The minimum absolute atomic E-state index is 0.197. The van der Waals surface area contributed by atoms with Crippen molar-refractivity contribution in [1.29, 1.82) is 0 Å². The molecule has 2 aromatic carbocycles. The number of ether oxygens (including phenoxy) is 1. The van der Waals surface area contributed by atoms with Gasteiger partial charge in [0.15, 0.2) is 0 Å². The molecule has 0 heterocycles. The smallest absolute Gasteiger partial charge is 0.122 e. The molecule has 1 fully saturated rings. The first kappa shape index (κ1) is 22.4. The molecule has 0 saturated heterocycles. The van der Waals surface area contributed by atoms with E-state index in [1.54, 1.807) is 5.56 Å². The summed E-state index contributed by atoms with van der Waals surface area (Å²) in [6, 6.07) is 16.0. The van der Waals surface area contributed by atoms with E-state index in [1.165, 1.54) is 28.5 Å². The largest absolute Gasteiger partial charge is 0.488 e. The highest BCUT2D eigenvalue weighted by atomic mass is 28.3. The van der Waals surface area contributed by atoms with Crippen molar-refractivity contribution in [3.05, 3.63) is 65.2 Å². The van der Waals surface area contributed by atoms with Crippen LogP contribution in [0.25, 0.3) is 6.08 Å². The summed E-state index contributed by atoms with van der Waals surface area (Å²) >= 11 is 0. The average Bonchev–Trinajstić information content (AvgIpc) is 3.03. The molecule has 4 rings (SSSR count). The molecular weight excluding hydrogens is 392 g/mol. The van der Waals surface area contributed by atoms with Crippen molar-refractivity contribution in [2.45, 2.75) is 84.0 Å². The van der Waals surface area contributed by atoms with E-state index in [1.807, 2.05) is 0 Å². The number of para-hydroxylation sites is 1. The molecule has 2 aromatic rings. The van der Waals surface area contributed by atoms with Crippen LogP contribution in [0.15, 0.2) is 48.5 Å². The van der Waals surface area contributed by atoms with E-state index in [4.69, 9.17) is 4.74 Å². The number of benzene rings is 2. The van der Waals surface area contributed by atoms with E-state index < -0.39 is 8.07 Å². The number of rotatable bonds is 4. The summed E-state index contributed by atoms with van der Waals surface area (Å²) in [5, 5.41) is 1.51. The highest BCUT2D eigenvalue weighted by molar-refractivity contribution is 6.91. The Bertz CT molecular complexity index is 978. The standard InChI is InChI=1S/C29H40OSi/c1-19(2)22-14-11-15-26(27(22)30-29(4,5)6)31(7,8)28-20(3)18-25-23-13-10-9-12-21(23)16-17-24(25)28/h9-17,19-20,24-25,28H,18H2,1-8H3. The molecule has 166 valence electrons. The molecule has 31 heavy (non-hydrogen) atoms. The molecule has 1 saturated carbocycles. The Morgan fingerprint density at radius 1 is 1.00 bits per heavy atom. The van der Waals surface area contributed by atoms with Gasteiger partial charge in [-0.3, -0.25) is 0 Å². The van der Waals surface area contributed by atoms with Crippen molar-refractivity contribution in [2.75, 3.05) is 0 Å². The molecule has 2 aliphatic rings. The van der Waals surface area contributed by atoms with Crippen molar-refractivity contribution in [1.82, 2.24) is 0 Å². The molecule has 0 aromatic heterocycles. The maximum Gasteiger partial charge on any atom is 0.122 e. The summed E-state index contributed by atoms with van der Waals surface area (Å²) in [5.74, 6) is 3.65. The van der Waals surface area contributed by atoms with Gasteiger partial charge in [-0.15, -0.1) is 0 Å². The fourth-order valence-corrected chi connectivity index (χ4v) is 11.0. The van der Waals surface area contributed by atoms with Crippen LogP contribution in [0.3, 0.4) is 0 Å². The van der Waals surface area contributed by atoms with Crippen molar-refractivity contribution in [3.63, 3.8) is 0 Å². The molecule has 0 spiro atoms. The second-order valence-corrected chi connectivity index (χ2v) is 16.4. The first-order chi connectivity index (χ1) is 14.5. The monoisotopic (exact) mass is 432 g/mol. The predicted molar refractivity (Wildman–Crippen MR) is 137 cm³/mol. The van der Waals surface area contributed by atoms with Gasteiger partial charge in [0.05, 0.1) is 8.07 Å². The zero-order valence-corrected chi connectivity index (χ0v) is 21.7. The van der Waals surface area contributed by atoms with Crippen LogP contribution in [0.2, 0.25) is 18.6 Å². The van der Waals surface area contributed by atoms with E-state index in [0.29, 0.717) is 23.3 Å². The highest BCUT2D eigenvalue weighted by Gasteiger charge is 2.51. The third-order valence-electron chi connectivity index (χ3n) is 7.61. The van der Waals surface area contributed by atoms with Crippen LogP contribution < -0.4 is 9.92 Å². The summed E-state index contributed by atoms with van der Waals surface area (Å²) in [6.07, 6.45) is 6.24. The van der Waals surface area contributed by atoms with Crippen LogP contribution in [0.5, 0.6) is 5.75 Å². The quantitative estimate of drug-likeness (QED) is 0.449. The first-order valence-corrected chi connectivity index (χ1v) is 15.2.